The summed E-state index contributed by atoms with van der Waals surface area (Å²) in [5.41, 5.74) is 1.23. The van der Waals surface area contributed by atoms with Gasteiger partial charge in [0.25, 0.3) is 0 Å². The number of rotatable bonds is 3. The quantitative estimate of drug-likeness (QED) is 0.910. The average molecular weight is 252 g/mol. The maximum absolute atomic E-state index is 13.5. The van der Waals surface area contributed by atoms with Crippen LogP contribution in [0.4, 0.5) is 8.78 Å². The molecule has 1 unspecified atom stereocenters. The monoisotopic (exact) mass is 252 g/mol. The van der Waals surface area contributed by atoms with Gasteiger partial charge < -0.3 is 5.11 Å². The molecule has 0 saturated carbocycles. The lowest BCUT2D eigenvalue weighted by Crippen LogP contribution is -2.10. The summed E-state index contributed by atoms with van der Waals surface area (Å²) in [7, 11) is 1.73. The van der Waals surface area contributed by atoms with E-state index in [1.165, 1.54) is 6.07 Å². The molecule has 3 nitrogen and oxygen atoms in total. The first-order chi connectivity index (χ1) is 8.49. The largest absolute Gasteiger partial charge is 0.388 e. The van der Waals surface area contributed by atoms with E-state index in [9.17, 15) is 13.9 Å². The van der Waals surface area contributed by atoms with Crippen molar-refractivity contribution in [1.29, 1.82) is 0 Å². The third kappa shape index (κ3) is 2.41. The molecule has 5 heteroatoms. The SMILES string of the molecule is Cc1cc(CC(O)c2c(F)cccc2F)n(C)n1. The highest BCUT2D eigenvalue weighted by molar-refractivity contribution is 5.24. The van der Waals surface area contributed by atoms with Gasteiger partial charge in [0, 0.05) is 19.2 Å². The maximum Gasteiger partial charge on any atom is 0.131 e. The molecule has 1 aromatic carbocycles. The van der Waals surface area contributed by atoms with Crippen molar-refractivity contribution in [2.75, 3.05) is 0 Å². The van der Waals surface area contributed by atoms with Crippen molar-refractivity contribution in [1.82, 2.24) is 9.78 Å². The van der Waals surface area contributed by atoms with Gasteiger partial charge in [-0.3, -0.25) is 4.68 Å². The molecule has 1 heterocycles. The third-order valence-corrected chi connectivity index (χ3v) is 2.83. The Hall–Kier alpha value is -1.75. The topological polar surface area (TPSA) is 38.0 Å². The van der Waals surface area contributed by atoms with Gasteiger partial charge in [-0.2, -0.15) is 5.10 Å². The summed E-state index contributed by atoms with van der Waals surface area (Å²) in [6.07, 6.45) is -1.10. The Morgan fingerprint density at radius 3 is 2.44 bits per heavy atom. The van der Waals surface area contributed by atoms with E-state index in [0.717, 1.165) is 23.5 Å². The molecular weight excluding hydrogens is 238 g/mol. The fourth-order valence-electron chi connectivity index (χ4n) is 1.98. The third-order valence-electron chi connectivity index (χ3n) is 2.83. The number of hydrogen-bond acceptors (Lipinski definition) is 2. The van der Waals surface area contributed by atoms with E-state index in [2.05, 4.69) is 5.10 Å². The zero-order chi connectivity index (χ0) is 13.3. The number of aryl methyl sites for hydroxylation is 2. The minimum absolute atomic E-state index is 0.120. The van der Waals surface area contributed by atoms with Crippen LogP contribution in [-0.4, -0.2) is 14.9 Å². The van der Waals surface area contributed by atoms with Crippen LogP contribution in [0.2, 0.25) is 0 Å². The predicted octanol–water partition coefficient (Wildman–Crippen LogP) is 2.28. The summed E-state index contributed by atoms with van der Waals surface area (Å²) < 4.78 is 28.6. The minimum Gasteiger partial charge on any atom is -0.388 e. The Balaban J connectivity index is 2.27. The first kappa shape index (κ1) is 12.7. The minimum atomic E-state index is -1.22. The molecule has 96 valence electrons. The molecule has 0 bridgehead atoms. The van der Waals surface area contributed by atoms with Crippen molar-refractivity contribution in [3.05, 3.63) is 52.9 Å². The summed E-state index contributed by atoms with van der Waals surface area (Å²) in [5, 5.41) is 14.1. The van der Waals surface area contributed by atoms with Crippen LogP contribution in [-0.2, 0) is 13.5 Å². The van der Waals surface area contributed by atoms with Crippen LogP contribution in [0.1, 0.15) is 23.1 Å². The molecule has 0 fully saturated rings. The fraction of sp³-hybridized carbons (Fsp3) is 0.308. The van der Waals surface area contributed by atoms with Gasteiger partial charge >= 0.3 is 0 Å². The van der Waals surface area contributed by atoms with Crippen molar-refractivity contribution >= 4 is 0 Å². The summed E-state index contributed by atoms with van der Waals surface area (Å²) in [5.74, 6) is -1.47. The normalized spacial score (nSPS) is 12.7. The summed E-state index contributed by atoms with van der Waals surface area (Å²) in [6.45, 7) is 1.82. The van der Waals surface area contributed by atoms with E-state index < -0.39 is 17.7 Å². The summed E-state index contributed by atoms with van der Waals surface area (Å²) in [4.78, 5) is 0. The van der Waals surface area contributed by atoms with Crippen molar-refractivity contribution in [3.63, 3.8) is 0 Å². The van der Waals surface area contributed by atoms with Crippen LogP contribution in [0.25, 0.3) is 0 Å². The number of benzene rings is 1. The van der Waals surface area contributed by atoms with E-state index in [1.807, 2.05) is 6.92 Å². The molecule has 1 atom stereocenters. The summed E-state index contributed by atoms with van der Waals surface area (Å²) in [6, 6.07) is 5.32. The molecule has 2 aromatic rings. The van der Waals surface area contributed by atoms with Crippen molar-refractivity contribution in [2.45, 2.75) is 19.4 Å². The van der Waals surface area contributed by atoms with E-state index in [0.29, 0.717) is 0 Å². The second-order valence-electron chi connectivity index (χ2n) is 4.26. The number of hydrogen-bond donors (Lipinski definition) is 1. The number of nitrogens with zero attached hydrogens (tertiary/aromatic N) is 2. The highest BCUT2D eigenvalue weighted by Crippen LogP contribution is 2.24. The van der Waals surface area contributed by atoms with Gasteiger partial charge in [-0.1, -0.05) is 6.07 Å². The Kier molecular flexibility index (Phi) is 3.43. The van der Waals surface area contributed by atoms with Gasteiger partial charge in [-0.25, -0.2) is 8.78 Å². The zero-order valence-corrected chi connectivity index (χ0v) is 10.2. The van der Waals surface area contributed by atoms with Crippen LogP contribution in [0.3, 0.4) is 0 Å². The first-order valence-electron chi connectivity index (χ1n) is 5.60. The van der Waals surface area contributed by atoms with Gasteiger partial charge in [-0.05, 0) is 25.1 Å². The highest BCUT2D eigenvalue weighted by Gasteiger charge is 2.19. The van der Waals surface area contributed by atoms with Crippen LogP contribution in [0.5, 0.6) is 0 Å². The van der Waals surface area contributed by atoms with E-state index >= 15 is 0 Å². The number of halogens is 2. The molecule has 0 aliphatic carbocycles. The smallest absolute Gasteiger partial charge is 0.131 e. The molecule has 0 saturated heterocycles. The lowest BCUT2D eigenvalue weighted by molar-refractivity contribution is 0.166. The standard InChI is InChI=1S/C13H14F2N2O/c1-8-6-9(17(2)16-8)7-12(18)13-10(14)4-3-5-11(13)15/h3-6,12,18H,7H2,1-2H3. The van der Waals surface area contributed by atoms with Crippen LogP contribution < -0.4 is 0 Å². The van der Waals surface area contributed by atoms with Crippen molar-refractivity contribution < 1.29 is 13.9 Å². The molecule has 1 N–H and O–H groups in total. The molecular formula is C13H14F2N2O. The van der Waals surface area contributed by atoms with E-state index in [-0.39, 0.29) is 12.0 Å². The van der Waals surface area contributed by atoms with Gasteiger partial charge in [0.2, 0.25) is 0 Å². The Labute approximate surface area is 104 Å². The average Bonchev–Trinajstić information content (AvgIpc) is 2.57. The number of aromatic nitrogens is 2. The fourth-order valence-corrected chi connectivity index (χ4v) is 1.98. The Morgan fingerprint density at radius 1 is 1.33 bits per heavy atom. The molecule has 0 aliphatic rings. The first-order valence-corrected chi connectivity index (χ1v) is 5.60. The summed E-state index contributed by atoms with van der Waals surface area (Å²) >= 11 is 0. The second kappa shape index (κ2) is 4.86. The van der Waals surface area contributed by atoms with Gasteiger partial charge in [0.15, 0.2) is 0 Å². The molecule has 0 radical (unpaired) electrons. The zero-order valence-electron chi connectivity index (χ0n) is 10.2. The van der Waals surface area contributed by atoms with E-state index in [1.54, 1.807) is 17.8 Å². The highest BCUT2D eigenvalue weighted by atomic mass is 19.1. The maximum atomic E-state index is 13.5. The molecule has 1 aromatic heterocycles. The molecule has 18 heavy (non-hydrogen) atoms. The molecule has 0 spiro atoms. The van der Waals surface area contributed by atoms with Gasteiger partial charge in [0.05, 0.1) is 17.4 Å². The Bertz CT molecular complexity index is 546. The van der Waals surface area contributed by atoms with Gasteiger partial charge in [0.1, 0.15) is 11.6 Å². The molecule has 0 aliphatic heterocycles. The van der Waals surface area contributed by atoms with Crippen LogP contribution in [0.15, 0.2) is 24.3 Å². The van der Waals surface area contributed by atoms with Crippen LogP contribution in [0, 0.1) is 18.6 Å². The molecule has 2 rings (SSSR count). The predicted molar refractivity (Wildman–Crippen MR) is 63.0 cm³/mol. The van der Waals surface area contributed by atoms with Crippen molar-refractivity contribution in [3.8, 4) is 0 Å². The number of aliphatic hydroxyl groups excluding tert-OH is 1. The molecule has 0 amide bonds. The lowest BCUT2D eigenvalue weighted by atomic mass is 10.0. The Morgan fingerprint density at radius 2 is 1.94 bits per heavy atom. The van der Waals surface area contributed by atoms with Crippen molar-refractivity contribution in [2.24, 2.45) is 7.05 Å². The van der Waals surface area contributed by atoms with Gasteiger partial charge in [-0.15, -0.1) is 0 Å². The second-order valence-corrected chi connectivity index (χ2v) is 4.26. The van der Waals surface area contributed by atoms with E-state index in [4.69, 9.17) is 0 Å². The lowest BCUT2D eigenvalue weighted by Gasteiger charge is -2.12. The van der Waals surface area contributed by atoms with Crippen LogP contribution >= 0.6 is 0 Å². The number of aliphatic hydroxyl groups is 1.